The van der Waals surface area contributed by atoms with Gasteiger partial charge in [0.1, 0.15) is 18.1 Å². The van der Waals surface area contributed by atoms with Crippen LogP contribution in [0.1, 0.15) is 21.9 Å². The zero-order chi connectivity index (χ0) is 20.3. The van der Waals surface area contributed by atoms with Crippen molar-refractivity contribution in [1.29, 1.82) is 0 Å². The molecule has 1 aromatic heterocycles. The zero-order valence-electron chi connectivity index (χ0n) is 14.0. The van der Waals surface area contributed by atoms with Crippen LogP contribution in [0.5, 0.6) is 5.75 Å². The number of nitrogens with one attached hydrogen (secondary N) is 1. The number of alkyl halides is 3. The molecule has 146 valence electrons. The minimum Gasteiger partial charge on any atom is -0.484 e. The Hall–Kier alpha value is -2.64. The van der Waals surface area contributed by atoms with Gasteiger partial charge in [-0.25, -0.2) is 0 Å². The Kier molecular flexibility index (Phi) is 5.86. The summed E-state index contributed by atoms with van der Waals surface area (Å²) in [5.74, 6) is -0.0704. The average molecular weight is 430 g/mol. The third kappa shape index (κ3) is 4.79. The van der Waals surface area contributed by atoms with Crippen molar-refractivity contribution in [1.82, 2.24) is 0 Å². The summed E-state index contributed by atoms with van der Waals surface area (Å²) in [6, 6.07) is 12.4. The molecule has 2 aromatic carbocycles. The van der Waals surface area contributed by atoms with E-state index in [1.54, 1.807) is 24.3 Å². The van der Waals surface area contributed by atoms with Crippen molar-refractivity contribution >= 4 is 34.8 Å². The van der Waals surface area contributed by atoms with E-state index < -0.39 is 17.6 Å². The summed E-state index contributed by atoms with van der Waals surface area (Å²) in [5, 5.41) is 2.70. The number of anilines is 1. The molecule has 0 spiro atoms. The summed E-state index contributed by atoms with van der Waals surface area (Å²) < 4.78 is 49.3. The molecule has 9 heteroatoms. The SMILES string of the molecule is O=C(Nc1cc(C(F)(F)F)ccc1Cl)c1ccc(COc2ccccc2Cl)o1. The van der Waals surface area contributed by atoms with E-state index in [0.29, 0.717) is 16.5 Å². The number of carbonyl (C=O) groups excluding carboxylic acids is 1. The van der Waals surface area contributed by atoms with Crippen LogP contribution in [0.15, 0.2) is 59.0 Å². The Bertz CT molecular complexity index is 1000. The minimum atomic E-state index is -4.56. The highest BCUT2D eigenvalue weighted by atomic mass is 35.5. The molecule has 0 unspecified atom stereocenters. The van der Waals surface area contributed by atoms with E-state index in [4.69, 9.17) is 32.4 Å². The van der Waals surface area contributed by atoms with Gasteiger partial charge in [-0.15, -0.1) is 0 Å². The first-order chi connectivity index (χ1) is 13.2. The second-order valence-corrected chi connectivity index (χ2v) is 6.45. The van der Waals surface area contributed by atoms with Crippen molar-refractivity contribution in [2.75, 3.05) is 5.32 Å². The summed E-state index contributed by atoms with van der Waals surface area (Å²) in [5.41, 5.74) is -1.10. The third-order valence-electron chi connectivity index (χ3n) is 3.63. The van der Waals surface area contributed by atoms with Gasteiger partial charge in [-0.3, -0.25) is 4.79 Å². The van der Waals surface area contributed by atoms with Crippen molar-refractivity contribution in [3.63, 3.8) is 0 Å². The number of carbonyl (C=O) groups is 1. The van der Waals surface area contributed by atoms with Gasteiger partial charge in [-0.2, -0.15) is 13.2 Å². The maximum absolute atomic E-state index is 12.8. The fourth-order valence-corrected chi connectivity index (χ4v) is 2.62. The summed E-state index contributed by atoms with van der Waals surface area (Å²) in [6.07, 6.45) is -4.56. The molecule has 1 heterocycles. The van der Waals surface area contributed by atoms with Gasteiger partial charge < -0.3 is 14.5 Å². The van der Waals surface area contributed by atoms with Crippen LogP contribution < -0.4 is 10.1 Å². The molecule has 1 amide bonds. The van der Waals surface area contributed by atoms with Gasteiger partial charge in [0.25, 0.3) is 5.91 Å². The molecule has 0 aliphatic rings. The molecule has 0 saturated carbocycles. The van der Waals surface area contributed by atoms with E-state index in [2.05, 4.69) is 5.32 Å². The quantitative estimate of drug-likeness (QED) is 0.507. The lowest BCUT2D eigenvalue weighted by Crippen LogP contribution is -2.13. The highest BCUT2D eigenvalue weighted by Crippen LogP contribution is 2.34. The van der Waals surface area contributed by atoms with Crippen LogP contribution in [0.3, 0.4) is 0 Å². The Morgan fingerprint density at radius 3 is 2.50 bits per heavy atom. The number of hydrogen-bond donors (Lipinski definition) is 1. The summed E-state index contributed by atoms with van der Waals surface area (Å²) in [6.45, 7) is 0.0152. The normalized spacial score (nSPS) is 11.3. The van der Waals surface area contributed by atoms with Crippen molar-refractivity contribution in [2.45, 2.75) is 12.8 Å². The molecule has 0 saturated heterocycles. The van der Waals surface area contributed by atoms with Crippen molar-refractivity contribution in [3.8, 4) is 5.75 Å². The first kappa shape index (κ1) is 20.1. The van der Waals surface area contributed by atoms with E-state index in [1.807, 2.05) is 0 Å². The second kappa shape index (κ2) is 8.16. The van der Waals surface area contributed by atoms with Gasteiger partial charge in [0.15, 0.2) is 5.76 Å². The van der Waals surface area contributed by atoms with Crippen LogP contribution in [-0.4, -0.2) is 5.91 Å². The molecular formula is C19H12Cl2F3NO3. The minimum absolute atomic E-state index is 0.0152. The average Bonchev–Trinajstić information content (AvgIpc) is 3.11. The standard InChI is InChI=1S/C19H12Cl2F3NO3/c20-13-7-5-11(19(22,23)24)9-15(13)25-18(26)17-8-6-12(28-17)10-27-16-4-2-1-3-14(16)21/h1-9H,10H2,(H,25,26). The fourth-order valence-electron chi connectivity index (χ4n) is 2.27. The number of furan rings is 1. The lowest BCUT2D eigenvalue weighted by atomic mass is 10.2. The molecule has 0 radical (unpaired) electrons. The lowest BCUT2D eigenvalue weighted by molar-refractivity contribution is -0.137. The fraction of sp³-hybridized carbons (Fsp3) is 0.105. The maximum atomic E-state index is 12.8. The first-order valence-corrected chi connectivity index (χ1v) is 8.64. The molecule has 28 heavy (non-hydrogen) atoms. The molecule has 4 nitrogen and oxygen atoms in total. The largest absolute Gasteiger partial charge is 0.484 e. The van der Waals surface area contributed by atoms with Gasteiger partial charge in [-0.1, -0.05) is 35.3 Å². The molecule has 0 bridgehead atoms. The van der Waals surface area contributed by atoms with E-state index in [0.717, 1.165) is 18.2 Å². The topological polar surface area (TPSA) is 51.5 Å². The van der Waals surface area contributed by atoms with E-state index >= 15 is 0 Å². The Labute approximate surface area is 167 Å². The van der Waals surface area contributed by atoms with Crippen LogP contribution in [0.25, 0.3) is 0 Å². The smallest absolute Gasteiger partial charge is 0.416 e. The highest BCUT2D eigenvalue weighted by Gasteiger charge is 2.31. The van der Waals surface area contributed by atoms with Crippen LogP contribution in [0.2, 0.25) is 10.0 Å². The van der Waals surface area contributed by atoms with E-state index in [-0.39, 0.29) is 23.1 Å². The highest BCUT2D eigenvalue weighted by molar-refractivity contribution is 6.34. The van der Waals surface area contributed by atoms with E-state index in [9.17, 15) is 18.0 Å². The monoisotopic (exact) mass is 429 g/mol. The number of para-hydroxylation sites is 1. The molecular weight excluding hydrogens is 418 g/mol. The third-order valence-corrected chi connectivity index (χ3v) is 4.28. The Morgan fingerprint density at radius 1 is 1.04 bits per heavy atom. The van der Waals surface area contributed by atoms with Crippen LogP contribution >= 0.6 is 23.2 Å². The van der Waals surface area contributed by atoms with Crippen molar-refractivity contribution < 1.29 is 27.1 Å². The van der Waals surface area contributed by atoms with Crippen molar-refractivity contribution in [2.24, 2.45) is 0 Å². The Balaban J connectivity index is 1.68. The molecule has 0 aliphatic carbocycles. The van der Waals surface area contributed by atoms with Gasteiger partial charge in [-0.05, 0) is 42.5 Å². The van der Waals surface area contributed by atoms with Crippen LogP contribution in [0.4, 0.5) is 18.9 Å². The second-order valence-electron chi connectivity index (χ2n) is 5.63. The zero-order valence-corrected chi connectivity index (χ0v) is 15.5. The van der Waals surface area contributed by atoms with Gasteiger partial charge in [0, 0.05) is 0 Å². The predicted molar refractivity (Wildman–Crippen MR) is 98.9 cm³/mol. The molecule has 3 aromatic rings. The number of hydrogen-bond acceptors (Lipinski definition) is 3. The number of benzene rings is 2. The number of halogens is 5. The van der Waals surface area contributed by atoms with Crippen LogP contribution in [0, 0.1) is 0 Å². The predicted octanol–water partition coefficient (Wildman–Crippen LogP) is 6.44. The summed E-state index contributed by atoms with van der Waals surface area (Å²) >= 11 is 11.9. The number of ether oxygens (including phenoxy) is 1. The first-order valence-electron chi connectivity index (χ1n) is 7.88. The van der Waals surface area contributed by atoms with Crippen LogP contribution in [-0.2, 0) is 12.8 Å². The molecule has 0 atom stereocenters. The van der Waals surface area contributed by atoms with Gasteiger partial charge >= 0.3 is 6.18 Å². The van der Waals surface area contributed by atoms with Crippen molar-refractivity contribution in [3.05, 3.63) is 81.7 Å². The number of amides is 1. The lowest BCUT2D eigenvalue weighted by Gasteiger charge is -2.11. The summed E-state index contributed by atoms with van der Waals surface area (Å²) in [4.78, 5) is 12.3. The molecule has 3 rings (SSSR count). The molecule has 0 aliphatic heterocycles. The number of rotatable bonds is 5. The molecule has 1 N–H and O–H groups in total. The van der Waals surface area contributed by atoms with Gasteiger partial charge in [0.2, 0.25) is 0 Å². The molecule has 0 fully saturated rings. The maximum Gasteiger partial charge on any atom is 0.416 e. The van der Waals surface area contributed by atoms with Gasteiger partial charge in [0.05, 0.1) is 21.3 Å². The summed E-state index contributed by atoms with van der Waals surface area (Å²) in [7, 11) is 0. The van der Waals surface area contributed by atoms with E-state index in [1.165, 1.54) is 12.1 Å². The Morgan fingerprint density at radius 2 is 1.79 bits per heavy atom.